The quantitative estimate of drug-likeness (QED) is 0.832. The summed E-state index contributed by atoms with van der Waals surface area (Å²) in [5, 5.41) is 13.2. The highest BCUT2D eigenvalue weighted by Crippen LogP contribution is 2.16. The van der Waals surface area contributed by atoms with E-state index in [1.165, 1.54) is 5.56 Å². The molecule has 2 nitrogen and oxygen atoms in total. The zero-order valence-electron chi connectivity index (χ0n) is 9.53. The molecule has 0 bridgehead atoms. The smallest absolute Gasteiger partial charge is 0.0940 e. The molecule has 0 heterocycles. The van der Waals surface area contributed by atoms with E-state index in [1.54, 1.807) is 0 Å². The minimum absolute atomic E-state index is 0. The summed E-state index contributed by atoms with van der Waals surface area (Å²) >= 11 is 0. The van der Waals surface area contributed by atoms with Crippen LogP contribution < -0.4 is 5.32 Å². The molecule has 0 saturated heterocycles. The van der Waals surface area contributed by atoms with Crippen molar-refractivity contribution in [1.29, 1.82) is 0 Å². The van der Waals surface area contributed by atoms with E-state index in [1.807, 2.05) is 45.0 Å². The maximum Gasteiger partial charge on any atom is 0.0940 e. The lowest BCUT2D eigenvalue weighted by Gasteiger charge is -2.19. The third kappa shape index (κ3) is 4.20. The highest BCUT2D eigenvalue weighted by Gasteiger charge is 2.14. The molecule has 1 aromatic carbocycles. The molecule has 0 aliphatic carbocycles. The number of hydrogen-bond donors (Lipinski definition) is 2. The van der Waals surface area contributed by atoms with Crippen molar-refractivity contribution in [3.05, 3.63) is 35.4 Å². The molecule has 2 N–H and O–H groups in total. The highest BCUT2D eigenvalue weighted by molar-refractivity contribution is 5.85. The van der Waals surface area contributed by atoms with E-state index in [4.69, 9.17) is 0 Å². The fraction of sp³-hybridized carbons (Fsp3) is 0.500. The van der Waals surface area contributed by atoms with Crippen molar-refractivity contribution >= 4 is 12.4 Å². The van der Waals surface area contributed by atoms with Crippen molar-refractivity contribution in [2.45, 2.75) is 32.9 Å². The predicted octanol–water partition coefficient (Wildman–Crippen LogP) is 2.45. The number of likely N-dealkylation sites (N-methyl/N-ethyl adjacent to an activating group) is 1. The van der Waals surface area contributed by atoms with E-state index in [9.17, 15) is 5.11 Å². The Morgan fingerprint density at radius 2 is 1.80 bits per heavy atom. The van der Waals surface area contributed by atoms with E-state index < -0.39 is 6.10 Å². The van der Waals surface area contributed by atoms with Crippen LogP contribution in [0, 0.1) is 6.92 Å². The average molecular weight is 230 g/mol. The predicted molar refractivity (Wildman–Crippen MR) is 66.5 cm³/mol. The molecule has 2 atom stereocenters. The SMILES string of the molecule is CCNC(C)C(O)c1ccc(C)cc1.Cl. The molecule has 0 radical (unpaired) electrons. The minimum Gasteiger partial charge on any atom is -0.387 e. The van der Waals surface area contributed by atoms with Crippen LogP contribution in [-0.4, -0.2) is 17.7 Å². The fourth-order valence-corrected chi connectivity index (χ4v) is 1.49. The van der Waals surface area contributed by atoms with E-state index >= 15 is 0 Å². The Morgan fingerprint density at radius 1 is 1.27 bits per heavy atom. The third-order valence-corrected chi connectivity index (χ3v) is 2.42. The van der Waals surface area contributed by atoms with Crippen LogP contribution in [-0.2, 0) is 0 Å². The number of rotatable bonds is 4. The van der Waals surface area contributed by atoms with Crippen LogP contribution in [0.5, 0.6) is 0 Å². The Morgan fingerprint density at radius 3 is 2.27 bits per heavy atom. The van der Waals surface area contributed by atoms with Crippen LogP contribution in [0.4, 0.5) is 0 Å². The second kappa shape index (κ2) is 6.83. The molecule has 15 heavy (non-hydrogen) atoms. The second-order valence-corrected chi connectivity index (χ2v) is 3.70. The number of halogens is 1. The van der Waals surface area contributed by atoms with Gasteiger partial charge in [0.25, 0.3) is 0 Å². The van der Waals surface area contributed by atoms with Gasteiger partial charge in [0.15, 0.2) is 0 Å². The number of nitrogens with one attached hydrogen (secondary N) is 1. The number of hydrogen-bond acceptors (Lipinski definition) is 2. The monoisotopic (exact) mass is 229 g/mol. The molecule has 0 amide bonds. The van der Waals surface area contributed by atoms with Gasteiger partial charge in [-0.25, -0.2) is 0 Å². The Hall–Kier alpha value is -0.570. The topological polar surface area (TPSA) is 32.3 Å². The Bertz CT molecular complexity index is 273. The number of aliphatic hydroxyl groups is 1. The molecule has 0 spiro atoms. The fourth-order valence-electron chi connectivity index (χ4n) is 1.49. The summed E-state index contributed by atoms with van der Waals surface area (Å²) in [5.41, 5.74) is 2.20. The first-order chi connectivity index (χ1) is 6.65. The van der Waals surface area contributed by atoms with Gasteiger partial charge in [-0.3, -0.25) is 0 Å². The summed E-state index contributed by atoms with van der Waals surface area (Å²) in [6.07, 6.45) is -0.421. The summed E-state index contributed by atoms with van der Waals surface area (Å²) in [6, 6.07) is 8.11. The number of aliphatic hydroxyl groups excluding tert-OH is 1. The van der Waals surface area contributed by atoms with E-state index in [0.29, 0.717) is 0 Å². The van der Waals surface area contributed by atoms with Crippen LogP contribution in [0.3, 0.4) is 0 Å². The van der Waals surface area contributed by atoms with Crippen LogP contribution >= 0.6 is 12.4 Å². The van der Waals surface area contributed by atoms with Gasteiger partial charge in [0.1, 0.15) is 0 Å². The van der Waals surface area contributed by atoms with Crippen molar-refractivity contribution in [2.24, 2.45) is 0 Å². The number of aryl methyl sites for hydroxylation is 1. The molecule has 0 aromatic heterocycles. The molecule has 2 unspecified atom stereocenters. The third-order valence-electron chi connectivity index (χ3n) is 2.42. The van der Waals surface area contributed by atoms with Gasteiger partial charge in [-0.1, -0.05) is 36.8 Å². The van der Waals surface area contributed by atoms with Gasteiger partial charge < -0.3 is 10.4 Å². The lowest BCUT2D eigenvalue weighted by molar-refractivity contribution is 0.137. The summed E-state index contributed by atoms with van der Waals surface area (Å²) < 4.78 is 0. The molecule has 86 valence electrons. The molecule has 0 aliphatic heterocycles. The minimum atomic E-state index is -0.421. The molecule has 3 heteroatoms. The van der Waals surface area contributed by atoms with E-state index in [0.717, 1.165) is 12.1 Å². The van der Waals surface area contributed by atoms with E-state index in [2.05, 4.69) is 5.32 Å². The van der Waals surface area contributed by atoms with Gasteiger partial charge in [0.2, 0.25) is 0 Å². The van der Waals surface area contributed by atoms with Crippen molar-refractivity contribution in [3.8, 4) is 0 Å². The molecule has 1 aromatic rings. The molecule has 0 saturated carbocycles. The molecule has 0 aliphatic rings. The highest BCUT2D eigenvalue weighted by atomic mass is 35.5. The molecular formula is C12H20ClNO. The molecular weight excluding hydrogens is 210 g/mol. The Balaban J connectivity index is 0.00000196. The first-order valence-electron chi connectivity index (χ1n) is 5.13. The van der Waals surface area contributed by atoms with Gasteiger partial charge in [-0.05, 0) is 26.0 Å². The van der Waals surface area contributed by atoms with Gasteiger partial charge in [0.05, 0.1) is 6.10 Å². The lowest BCUT2D eigenvalue weighted by Crippen LogP contribution is -2.31. The number of benzene rings is 1. The van der Waals surface area contributed by atoms with Crippen molar-refractivity contribution < 1.29 is 5.11 Å². The van der Waals surface area contributed by atoms with Gasteiger partial charge in [0, 0.05) is 6.04 Å². The average Bonchev–Trinajstić information content (AvgIpc) is 2.18. The van der Waals surface area contributed by atoms with Crippen LogP contribution in [0.1, 0.15) is 31.1 Å². The normalized spacial score (nSPS) is 14.1. The first kappa shape index (κ1) is 14.4. The zero-order valence-corrected chi connectivity index (χ0v) is 10.3. The standard InChI is InChI=1S/C12H19NO.ClH/c1-4-13-10(3)12(14)11-7-5-9(2)6-8-11;/h5-8,10,12-14H,4H2,1-3H3;1H. The van der Waals surface area contributed by atoms with Crippen LogP contribution in [0.15, 0.2) is 24.3 Å². The first-order valence-corrected chi connectivity index (χ1v) is 5.13. The maximum absolute atomic E-state index is 9.95. The van der Waals surface area contributed by atoms with E-state index in [-0.39, 0.29) is 18.4 Å². The van der Waals surface area contributed by atoms with Gasteiger partial charge in [-0.15, -0.1) is 12.4 Å². The van der Waals surface area contributed by atoms with Gasteiger partial charge >= 0.3 is 0 Å². The second-order valence-electron chi connectivity index (χ2n) is 3.70. The summed E-state index contributed by atoms with van der Waals surface area (Å²) in [5.74, 6) is 0. The zero-order chi connectivity index (χ0) is 10.6. The van der Waals surface area contributed by atoms with Crippen molar-refractivity contribution in [2.75, 3.05) is 6.54 Å². The largest absolute Gasteiger partial charge is 0.387 e. The van der Waals surface area contributed by atoms with Crippen molar-refractivity contribution in [1.82, 2.24) is 5.32 Å². The summed E-state index contributed by atoms with van der Waals surface area (Å²) in [6.45, 7) is 6.96. The Labute approximate surface area is 98.1 Å². The summed E-state index contributed by atoms with van der Waals surface area (Å²) in [7, 11) is 0. The van der Waals surface area contributed by atoms with Crippen LogP contribution in [0.25, 0.3) is 0 Å². The summed E-state index contributed by atoms with van der Waals surface area (Å²) in [4.78, 5) is 0. The lowest BCUT2D eigenvalue weighted by atomic mass is 10.0. The maximum atomic E-state index is 9.95. The molecule has 0 fully saturated rings. The van der Waals surface area contributed by atoms with Gasteiger partial charge in [-0.2, -0.15) is 0 Å². The molecule has 1 rings (SSSR count). The van der Waals surface area contributed by atoms with Crippen molar-refractivity contribution in [3.63, 3.8) is 0 Å². The van der Waals surface area contributed by atoms with Crippen LogP contribution in [0.2, 0.25) is 0 Å². The Kier molecular flexibility index (Phi) is 6.57.